The molecular formula is C22H21F3N2O3. The highest BCUT2D eigenvalue weighted by Crippen LogP contribution is 2.37. The maximum atomic E-state index is 13.5. The summed E-state index contributed by atoms with van der Waals surface area (Å²) in [4.78, 5) is 24.5. The van der Waals surface area contributed by atoms with Crippen molar-refractivity contribution in [2.75, 3.05) is 17.7 Å². The van der Waals surface area contributed by atoms with Crippen LogP contribution in [0.25, 0.3) is 0 Å². The fourth-order valence-electron chi connectivity index (χ4n) is 3.20. The first-order chi connectivity index (χ1) is 14.2. The van der Waals surface area contributed by atoms with Crippen molar-refractivity contribution in [3.05, 3.63) is 64.9 Å². The van der Waals surface area contributed by atoms with Gasteiger partial charge in [-0.3, -0.25) is 9.59 Å². The van der Waals surface area contributed by atoms with Gasteiger partial charge in [0.25, 0.3) is 5.91 Å². The van der Waals surface area contributed by atoms with E-state index in [1.807, 2.05) is 0 Å². The molecule has 1 amide bonds. The maximum absolute atomic E-state index is 13.5. The molecule has 0 aliphatic heterocycles. The van der Waals surface area contributed by atoms with Crippen molar-refractivity contribution in [2.24, 2.45) is 0 Å². The number of hydrogen-bond donors (Lipinski definition) is 2. The first-order valence-electron chi connectivity index (χ1n) is 9.35. The Hall–Kier alpha value is -3.29. The molecular weight excluding hydrogens is 397 g/mol. The lowest BCUT2D eigenvalue weighted by atomic mass is 9.95. The van der Waals surface area contributed by atoms with Crippen LogP contribution in [0.2, 0.25) is 0 Å². The number of ketones is 1. The van der Waals surface area contributed by atoms with Crippen LogP contribution >= 0.6 is 0 Å². The Labute approximate surface area is 171 Å². The molecule has 0 unspecified atom stereocenters. The van der Waals surface area contributed by atoms with Gasteiger partial charge in [-0.25, -0.2) is 0 Å². The predicted octanol–water partition coefficient (Wildman–Crippen LogP) is 5.41. The maximum Gasteiger partial charge on any atom is 0.418 e. The average molecular weight is 418 g/mol. The average Bonchev–Trinajstić information content (AvgIpc) is 2.71. The quantitative estimate of drug-likeness (QED) is 0.682. The molecule has 8 heteroatoms. The number of carbonyl (C=O) groups excluding carboxylic acids is 2. The number of nitrogens with one attached hydrogen (secondary N) is 2. The van der Waals surface area contributed by atoms with E-state index < -0.39 is 17.6 Å². The summed E-state index contributed by atoms with van der Waals surface area (Å²) in [5.41, 5.74) is 0.246. The molecule has 30 heavy (non-hydrogen) atoms. The van der Waals surface area contributed by atoms with E-state index in [4.69, 9.17) is 4.74 Å². The SMILES string of the molecule is COc1ccc(NC(=O)c2ccc(C(F)(F)F)c(NC3=C(C)C(=O)CCC3)c2)cc1. The second-order valence-electron chi connectivity index (χ2n) is 6.95. The van der Waals surface area contributed by atoms with Crippen molar-refractivity contribution in [2.45, 2.75) is 32.4 Å². The van der Waals surface area contributed by atoms with Crippen LogP contribution in [0.4, 0.5) is 24.5 Å². The second-order valence-corrected chi connectivity index (χ2v) is 6.95. The lowest BCUT2D eigenvalue weighted by Crippen LogP contribution is -2.18. The largest absolute Gasteiger partial charge is 0.497 e. The normalized spacial score (nSPS) is 14.5. The minimum atomic E-state index is -4.61. The summed E-state index contributed by atoms with van der Waals surface area (Å²) in [6, 6.07) is 9.71. The van der Waals surface area contributed by atoms with Crippen LogP contribution in [-0.4, -0.2) is 18.8 Å². The number of anilines is 2. The Morgan fingerprint density at radius 3 is 2.40 bits per heavy atom. The Balaban J connectivity index is 1.90. The third-order valence-electron chi connectivity index (χ3n) is 4.92. The summed E-state index contributed by atoms with van der Waals surface area (Å²) in [5.74, 6) is -0.0345. The second kappa shape index (κ2) is 8.61. The van der Waals surface area contributed by atoms with Crippen molar-refractivity contribution in [3.63, 3.8) is 0 Å². The van der Waals surface area contributed by atoms with Gasteiger partial charge in [0, 0.05) is 28.9 Å². The number of amides is 1. The Morgan fingerprint density at radius 2 is 1.77 bits per heavy atom. The summed E-state index contributed by atoms with van der Waals surface area (Å²) in [6.07, 6.45) is -3.19. The third-order valence-corrected chi connectivity index (χ3v) is 4.92. The van der Waals surface area contributed by atoms with Gasteiger partial charge in [0.05, 0.1) is 18.4 Å². The molecule has 0 fully saturated rings. The molecule has 0 bridgehead atoms. The number of carbonyl (C=O) groups is 2. The lowest BCUT2D eigenvalue weighted by Gasteiger charge is -2.21. The number of benzene rings is 2. The number of rotatable bonds is 5. The molecule has 2 N–H and O–H groups in total. The molecule has 158 valence electrons. The van der Waals surface area contributed by atoms with E-state index in [0.717, 1.165) is 18.2 Å². The van der Waals surface area contributed by atoms with Gasteiger partial charge in [-0.15, -0.1) is 0 Å². The van der Waals surface area contributed by atoms with E-state index in [2.05, 4.69) is 10.6 Å². The molecule has 2 aromatic rings. The van der Waals surface area contributed by atoms with Crippen LogP contribution in [0.5, 0.6) is 5.75 Å². The van der Waals surface area contributed by atoms with Crippen LogP contribution in [0, 0.1) is 0 Å². The van der Waals surface area contributed by atoms with Crippen LogP contribution in [0.15, 0.2) is 53.7 Å². The van der Waals surface area contributed by atoms with Crippen LogP contribution < -0.4 is 15.4 Å². The molecule has 0 radical (unpaired) electrons. The van der Waals surface area contributed by atoms with Crippen LogP contribution in [0.3, 0.4) is 0 Å². The number of allylic oxidation sites excluding steroid dienone is 2. The number of halogens is 3. The Morgan fingerprint density at radius 1 is 1.07 bits per heavy atom. The predicted molar refractivity (Wildman–Crippen MR) is 108 cm³/mol. The van der Waals surface area contributed by atoms with Gasteiger partial charge in [0.1, 0.15) is 5.75 Å². The number of methoxy groups -OCH3 is 1. The molecule has 0 atom stereocenters. The van der Waals surface area contributed by atoms with E-state index in [9.17, 15) is 22.8 Å². The molecule has 0 heterocycles. The van der Waals surface area contributed by atoms with Gasteiger partial charge in [-0.1, -0.05) is 0 Å². The fraction of sp³-hybridized carbons (Fsp3) is 0.273. The van der Waals surface area contributed by atoms with E-state index >= 15 is 0 Å². The highest BCUT2D eigenvalue weighted by molar-refractivity contribution is 6.05. The molecule has 2 aromatic carbocycles. The molecule has 0 spiro atoms. The molecule has 3 rings (SSSR count). The zero-order chi connectivity index (χ0) is 21.9. The van der Waals surface area contributed by atoms with Crippen molar-refractivity contribution < 1.29 is 27.5 Å². The van der Waals surface area contributed by atoms with Gasteiger partial charge in [0.15, 0.2) is 5.78 Å². The number of alkyl halides is 3. The summed E-state index contributed by atoms with van der Waals surface area (Å²) in [6.45, 7) is 1.59. The van der Waals surface area contributed by atoms with Crippen LogP contribution in [0.1, 0.15) is 42.1 Å². The van der Waals surface area contributed by atoms with Crippen molar-refractivity contribution >= 4 is 23.1 Å². The molecule has 0 saturated heterocycles. The monoisotopic (exact) mass is 418 g/mol. The highest BCUT2D eigenvalue weighted by Gasteiger charge is 2.34. The standard InChI is InChI=1S/C22H21F3N2O3/c1-13-18(4-3-5-20(13)28)27-19-12-14(6-11-17(19)22(23,24)25)21(29)26-15-7-9-16(30-2)10-8-15/h6-12,27H,3-5H2,1-2H3,(H,26,29). The van der Waals surface area contributed by atoms with E-state index in [0.29, 0.717) is 42.0 Å². The fourth-order valence-corrected chi connectivity index (χ4v) is 3.20. The van der Waals surface area contributed by atoms with E-state index in [-0.39, 0.29) is 17.0 Å². The van der Waals surface area contributed by atoms with Gasteiger partial charge >= 0.3 is 6.18 Å². The first kappa shape index (κ1) is 21.4. The summed E-state index contributed by atoms with van der Waals surface area (Å²) < 4.78 is 45.5. The summed E-state index contributed by atoms with van der Waals surface area (Å²) in [5, 5.41) is 5.40. The van der Waals surface area contributed by atoms with Crippen molar-refractivity contribution in [1.29, 1.82) is 0 Å². The van der Waals surface area contributed by atoms with E-state index in [1.54, 1.807) is 31.2 Å². The topological polar surface area (TPSA) is 67.4 Å². The number of ether oxygens (including phenoxy) is 1. The zero-order valence-electron chi connectivity index (χ0n) is 16.5. The molecule has 0 saturated carbocycles. The minimum absolute atomic E-state index is 0.0571. The first-order valence-corrected chi connectivity index (χ1v) is 9.35. The third kappa shape index (κ3) is 4.82. The van der Waals surface area contributed by atoms with Gasteiger partial charge in [-0.05, 0) is 62.2 Å². The van der Waals surface area contributed by atoms with Crippen molar-refractivity contribution in [3.8, 4) is 5.75 Å². The van der Waals surface area contributed by atoms with Gasteiger partial charge < -0.3 is 15.4 Å². The smallest absolute Gasteiger partial charge is 0.418 e. The summed E-state index contributed by atoms with van der Waals surface area (Å²) in [7, 11) is 1.52. The molecule has 1 aliphatic rings. The van der Waals surface area contributed by atoms with Crippen LogP contribution in [-0.2, 0) is 11.0 Å². The Bertz CT molecular complexity index is 996. The summed E-state index contributed by atoms with van der Waals surface area (Å²) >= 11 is 0. The van der Waals surface area contributed by atoms with Gasteiger partial charge in [0.2, 0.25) is 0 Å². The minimum Gasteiger partial charge on any atom is -0.497 e. The molecule has 5 nitrogen and oxygen atoms in total. The molecule has 1 aliphatic carbocycles. The highest BCUT2D eigenvalue weighted by atomic mass is 19.4. The van der Waals surface area contributed by atoms with Crippen molar-refractivity contribution in [1.82, 2.24) is 0 Å². The number of hydrogen-bond acceptors (Lipinski definition) is 4. The van der Waals surface area contributed by atoms with E-state index in [1.165, 1.54) is 7.11 Å². The lowest BCUT2D eigenvalue weighted by molar-refractivity contribution is -0.137. The zero-order valence-corrected chi connectivity index (χ0v) is 16.5. The van der Waals surface area contributed by atoms with Gasteiger partial charge in [-0.2, -0.15) is 13.2 Å². The number of Topliss-reactive ketones (excluding diaryl/α,β-unsaturated/α-hetero) is 1. The Kier molecular flexibility index (Phi) is 6.14. The molecule has 0 aromatic heterocycles.